The molecule has 0 aromatic heterocycles. The number of methoxy groups -OCH3 is 2. The highest BCUT2D eigenvalue weighted by molar-refractivity contribution is 5.88. The van der Waals surface area contributed by atoms with E-state index < -0.39 is 0 Å². The maximum atomic E-state index is 12.0. The molecule has 0 spiro atoms. The van der Waals surface area contributed by atoms with Gasteiger partial charge < -0.3 is 14.4 Å². The smallest absolute Gasteiger partial charge is 0.150 e. The second-order valence-corrected chi connectivity index (χ2v) is 7.41. The van der Waals surface area contributed by atoms with E-state index in [1.165, 1.54) is 0 Å². The molecule has 0 aliphatic carbocycles. The molecule has 33 heavy (non-hydrogen) atoms. The first-order valence-corrected chi connectivity index (χ1v) is 10.6. The van der Waals surface area contributed by atoms with Crippen molar-refractivity contribution in [2.75, 3.05) is 19.1 Å². The van der Waals surface area contributed by atoms with Crippen LogP contribution in [0.25, 0.3) is 12.2 Å². The van der Waals surface area contributed by atoms with E-state index in [1.807, 2.05) is 109 Å². The van der Waals surface area contributed by atoms with E-state index in [4.69, 9.17) is 9.47 Å². The van der Waals surface area contributed by atoms with E-state index in [2.05, 4.69) is 4.90 Å². The zero-order chi connectivity index (χ0) is 23.0. The number of benzene rings is 4. The Labute approximate surface area is 194 Å². The number of carbonyl (C=O) groups is 1. The normalized spacial score (nSPS) is 10.7. The van der Waals surface area contributed by atoms with Crippen LogP contribution in [0.4, 0.5) is 17.1 Å². The second-order valence-electron chi connectivity index (χ2n) is 7.41. The minimum absolute atomic E-state index is 0.617. The molecule has 0 bridgehead atoms. The number of hydrogen-bond donors (Lipinski definition) is 0. The number of carbonyl (C=O) groups excluding carboxylic acids is 1. The van der Waals surface area contributed by atoms with Crippen molar-refractivity contribution in [1.29, 1.82) is 0 Å². The fourth-order valence-electron chi connectivity index (χ4n) is 3.62. The molecule has 4 aromatic carbocycles. The van der Waals surface area contributed by atoms with E-state index in [-0.39, 0.29) is 0 Å². The number of rotatable bonds is 8. The molecule has 0 atom stereocenters. The maximum Gasteiger partial charge on any atom is 0.150 e. The molecule has 0 N–H and O–H groups in total. The van der Waals surface area contributed by atoms with Gasteiger partial charge in [0, 0.05) is 22.6 Å². The molecule has 0 amide bonds. The van der Waals surface area contributed by atoms with E-state index in [0.29, 0.717) is 5.56 Å². The summed E-state index contributed by atoms with van der Waals surface area (Å²) in [5.41, 5.74) is 5.34. The lowest BCUT2D eigenvalue weighted by Gasteiger charge is -2.26. The fourth-order valence-corrected chi connectivity index (χ4v) is 3.62. The van der Waals surface area contributed by atoms with Crippen LogP contribution in [0.15, 0.2) is 97.1 Å². The summed E-state index contributed by atoms with van der Waals surface area (Å²) >= 11 is 0. The topological polar surface area (TPSA) is 38.8 Å². The van der Waals surface area contributed by atoms with Crippen molar-refractivity contribution in [2.24, 2.45) is 0 Å². The average molecular weight is 436 g/mol. The molecule has 4 heteroatoms. The zero-order valence-corrected chi connectivity index (χ0v) is 18.6. The Morgan fingerprint density at radius 1 is 0.606 bits per heavy atom. The predicted molar refractivity (Wildman–Crippen MR) is 135 cm³/mol. The molecule has 0 saturated carbocycles. The van der Waals surface area contributed by atoms with Gasteiger partial charge in [-0.2, -0.15) is 0 Å². The summed E-state index contributed by atoms with van der Waals surface area (Å²) in [6.45, 7) is 0. The summed E-state index contributed by atoms with van der Waals surface area (Å²) < 4.78 is 10.6. The number of anilines is 3. The van der Waals surface area contributed by atoms with Crippen LogP contribution in [0, 0.1) is 0 Å². The Balaban J connectivity index is 1.75. The van der Waals surface area contributed by atoms with Crippen LogP contribution in [-0.4, -0.2) is 20.5 Å². The standard InChI is InChI=1S/C29H25NO3/c1-32-28-16-12-25(13-17-28)30(26-14-18-29(33-2)19-15-26)27-11-10-23(24(20-27)21-31)9-8-22-6-4-3-5-7-22/h3-21H,1-2H3/b9-8+. The molecule has 0 aliphatic heterocycles. The summed E-state index contributed by atoms with van der Waals surface area (Å²) in [5.74, 6) is 1.56. The van der Waals surface area contributed by atoms with Gasteiger partial charge in [-0.3, -0.25) is 4.79 Å². The van der Waals surface area contributed by atoms with Gasteiger partial charge in [0.25, 0.3) is 0 Å². The van der Waals surface area contributed by atoms with Gasteiger partial charge in [-0.25, -0.2) is 0 Å². The molecule has 0 aliphatic rings. The monoisotopic (exact) mass is 435 g/mol. The van der Waals surface area contributed by atoms with Crippen molar-refractivity contribution in [2.45, 2.75) is 0 Å². The third-order valence-electron chi connectivity index (χ3n) is 5.37. The van der Waals surface area contributed by atoms with Gasteiger partial charge in [-0.05, 0) is 71.8 Å². The van der Waals surface area contributed by atoms with Crippen molar-refractivity contribution in [3.63, 3.8) is 0 Å². The van der Waals surface area contributed by atoms with Crippen LogP contribution in [0.2, 0.25) is 0 Å². The number of aldehydes is 1. The van der Waals surface area contributed by atoms with Gasteiger partial charge in [0.2, 0.25) is 0 Å². The van der Waals surface area contributed by atoms with Crippen molar-refractivity contribution in [3.05, 3.63) is 114 Å². The molecule has 0 fully saturated rings. The van der Waals surface area contributed by atoms with Crippen molar-refractivity contribution < 1.29 is 14.3 Å². The SMILES string of the molecule is COc1ccc(N(c2ccc(OC)cc2)c2ccc(/C=C/c3ccccc3)c(C=O)c2)cc1. The highest BCUT2D eigenvalue weighted by Gasteiger charge is 2.14. The maximum absolute atomic E-state index is 12.0. The predicted octanol–water partition coefficient (Wildman–Crippen LogP) is 7.16. The van der Waals surface area contributed by atoms with E-state index in [9.17, 15) is 4.79 Å². The molecule has 164 valence electrons. The van der Waals surface area contributed by atoms with E-state index >= 15 is 0 Å². The van der Waals surface area contributed by atoms with Crippen LogP contribution >= 0.6 is 0 Å². The lowest BCUT2D eigenvalue weighted by atomic mass is 10.0. The first-order chi connectivity index (χ1) is 16.2. The lowest BCUT2D eigenvalue weighted by molar-refractivity contribution is 0.112. The first kappa shape index (κ1) is 21.9. The quantitative estimate of drug-likeness (QED) is 0.217. The second kappa shape index (κ2) is 10.3. The molecule has 4 rings (SSSR count). The molecule has 0 heterocycles. The van der Waals surface area contributed by atoms with E-state index in [1.54, 1.807) is 14.2 Å². The molecule has 4 nitrogen and oxygen atoms in total. The van der Waals surface area contributed by atoms with Crippen molar-refractivity contribution in [3.8, 4) is 11.5 Å². The highest BCUT2D eigenvalue weighted by Crippen LogP contribution is 2.37. The third-order valence-corrected chi connectivity index (χ3v) is 5.37. The van der Waals surface area contributed by atoms with Gasteiger partial charge in [0.15, 0.2) is 6.29 Å². The molecular weight excluding hydrogens is 410 g/mol. The molecule has 0 unspecified atom stereocenters. The number of hydrogen-bond acceptors (Lipinski definition) is 4. The Kier molecular flexibility index (Phi) is 6.86. The molecular formula is C29H25NO3. The van der Waals surface area contributed by atoms with Crippen LogP contribution in [0.1, 0.15) is 21.5 Å². The van der Waals surface area contributed by atoms with Gasteiger partial charge in [0.05, 0.1) is 14.2 Å². The molecule has 0 saturated heterocycles. The summed E-state index contributed by atoms with van der Waals surface area (Å²) in [7, 11) is 3.29. The van der Waals surface area contributed by atoms with Gasteiger partial charge >= 0.3 is 0 Å². The number of nitrogens with zero attached hydrogens (tertiary/aromatic N) is 1. The molecule has 0 radical (unpaired) electrons. The minimum Gasteiger partial charge on any atom is -0.497 e. The van der Waals surface area contributed by atoms with E-state index in [0.717, 1.165) is 46.0 Å². The summed E-state index contributed by atoms with van der Waals surface area (Å²) in [4.78, 5) is 14.1. The zero-order valence-electron chi connectivity index (χ0n) is 18.6. The Morgan fingerprint density at radius 3 is 1.67 bits per heavy atom. The highest BCUT2D eigenvalue weighted by atomic mass is 16.5. The van der Waals surface area contributed by atoms with Crippen molar-refractivity contribution in [1.82, 2.24) is 0 Å². The Morgan fingerprint density at radius 2 is 1.15 bits per heavy atom. The van der Waals surface area contributed by atoms with Gasteiger partial charge in [-0.15, -0.1) is 0 Å². The van der Waals surface area contributed by atoms with Crippen LogP contribution in [0.5, 0.6) is 11.5 Å². The number of ether oxygens (including phenoxy) is 2. The van der Waals surface area contributed by atoms with Crippen molar-refractivity contribution >= 4 is 35.5 Å². The third kappa shape index (κ3) is 5.13. The van der Waals surface area contributed by atoms with Crippen LogP contribution < -0.4 is 14.4 Å². The fraction of sp³-hybridized carbons (Fsp3) is 0.0690. The summed E-state index contributed by atoms with van der Waals surface area (Å²) in [6, 6.07) is 31.6. The van der Waals surface area contributed by atoms with Gasteiger partial charge in [-0.1, -0.05) is 48.6 Å². The van der Waals surface area contributed by atoms with Crippen LogP contribution in [-0.2, 0) is 0 Å². The Bertz CT molecular complexity index is 1180. The largest absolute Gasteiger partial charge is 0.497 e. The summed E-state index contributed by atoms with van der Waals surface area (Å²) in [5, 5.41) is 0. The average Bonchev–Trinajstić information content (AvgIpc) is 2.89. The minimum atomic E-state index is 0.617. The Hall–Kier alpha value is -4.31. The van der Waals surface area contributed by atoms with Gasteiger partial charge in [0.1, 0.15) is 11.5 Å². The summed E-state index contributed by atoms with van der Waals surface area (Å²) in [6.07, 6.45) is 4.87. The van der Waals surface area contributed by atoms with Crippen LogP contribution in [0.3, 0.4) is 0 Å². The first-order valence-electron chi connectivity index (χ1n) is 10.6. The lowest BCUT2D eigenvalue weighted by Crippen LogP contribution is -2.10. The molecule has 4 aromatic rings.